The van der Waals surface area contributed by atoms with Crippen LogP contribution >= 0.6 is 0 Å². The van der Waals surface area contributed by atoms with Gasteiger partial charge in [-0.2, -0.15) is 26.3 Å². The lowest BCUT2D eigenvalue weighted by Gasteiger charge is -2.30. The second-order valence-corrected chi connectivity index (χ2v) is 9.06. The molecule has 4 heterocycles. The normalized spacial score (nSPS) is 15.7. The highest BCUT2D eigenvalue weighted by atomic mass is 19.4. The number of carbonyl (C=O) groups is 2. The van der Waals surface area contributed by atoms with Crippen molar-refractivity contribution in [1.29, 1.82) is 0 Å². The molecule has 3 N–H and O–H groups in total. The molecule has 2 aromatic heterocycles. The van der Waals surface area contributed by atoms with Gasteiger partial charge in [0.25, 0.3) is 5.91 Å². The highest BCUT2D eigenvalue weighted by Crippen LogP contribution is 2.34. The summed E-state index contributed by atoms with van der Waals surface area (Å²) in [5.41, 5.74) is 4.43. The fourth-order valence-electron chi connectivity index (χ4n) is 4.27. The summed E-state index contributed by atoms with van der Waals surface area (Å²) in [7, 11) is 0. The summed E-state index contributed by atoms with van der Waals surface area (Å²) >= 11 is 0. The smallest absolute Gasteiger partial charge is 0.475 e. The molecule has 0 bridgehead atoms. The van der Waals surface area contributed by atoms with Gasteiger partial charge in [0, 0.05) is 54.9 Å². The summed E-state index contributed by atoms with van der Waals surface area (Å²) in [6.45, 7) is 2.61. The molecule has 14 heteroatoms. The van der Waals surface area contributed by atoms with Crippen LogP contribution in [0, 0.1) is 0 Å². The highest BCUT2D eigenvalue weighted by molar-refractivity contribution is 5.97. The second-order valence-electron chi connectivity index (χ2n) is 9.06. The summed E-state index contributed by atoms with van der Waals surface area (Å²) in [5.74, 6) is -2.84. The average molecular weight is 583 g/mol. The number of alkyl halides is 6. The Kier molecular flexibility index (Phi) is 8.71. The van der Waals surface area contributed by atoms with Crippen LogP contribution in [-0.4, -0.2) is 66.0 Å². The lowest BCUT2D eigenvalue weighted by atomic mass is 10.1. The molecule has 0 spiro atoms. The van der Waals surface area contributed by atoms with E-state index in [1.54, 1.807) is 18.3 Å². The number of anilines is 1. The number of pyridine rings is 1. The lowest BCUT2D eigenvalue weighted by molar-refractivity contribution is -0.192. The third-order valence-corrected chi connectivity index (χ3v) is 6.28. The number of amides is 1. The summed E-state index contributed by atoms with van der Waals surface area (Å²) in [6.07, 6.45) is -3.51. The van der Waals surface area contributed by atoms with Crippen LogP contribution in [0.4, 0.5) is 32.0 Å². The van der Waals surface area contributed by atoms with E-state index in [1.807, 2.05) is 23.1 Å². The molecular weight excluding hydrogens is 558 g/mol. The van der Waals surface area contributed by atoms with Gasteiger partial charge in [0.2, 0.25) is 0 Å². The van der Waals surface area contributed by atoms with E-state index in [1.165, 1.54) is 12.1 Å². The minimum atomic E-state index is -5.08. The molecule has 8 nitrogen and oxygen atoms in total. The number of rotatable bonds is 4. The molecule has 0 atom stereocenters. The van der Waals surface area contributed by atoms with Crippen molar-refractivity contribution in [2.75, 3.05) is 37.7 Å². The van der Waals surface area contributed by atoms with Gasteiger partial charge >= 0.3 is 18.3 Å². The van der Waals surface area contributed by atoms with Gasteiger partial charge in [-0.25, -0.2) is 4.79 Å². The topological polar surface area (TPSA) is 108 Å². The Morgan fingerprint density at radius 3 is 2.37 bits per heavy atom. The van der Waals surface area contributed by atoms with Crippen LogP contribution in [0.15, 0.2) is 42.6 Å². The maximum absolute atomic E-state index is 13.3. The van der Waals surface area contributed by atoms with Gasteiger partial charge in [0.15, 0.2) is 0 Å². The molecule has 218 valence electrons. The fourth-order valence-corrected chi connectivity index (χ4v) is 4.27. The summed E-state index contributed by atoms with van der Waals surface area (Å²) in [6, 6.07) is 9.35. The number of carboxylic acids is 1. The molecule has 0 unspecified atom stereocenters. The van der Waals surface area contributed by atoms with E-state index in [2.05, 4.69) is 15.3 Å². The molecule has 2 aliphatic heterocycles. The molecule has 0 saturated carbocycles. The predicted octanol–water partition coefficient (Wildman–Crippen LogP) is 5.02. The number of carboxylic acid groups (broad SMARTS) is 1. The van der Waals surface area contributed by atoms with Gasteiger partial charge in [-0.05, 0) is 42.0 Å². The third kappa shape index (κ3) is 7.45. The van der Waals surface area contributed by atoms with Crippen molar-refractivity contribution in [3.8, 4) is 11.3 Å². The Morgan fingerprint density at radius 1 is 1.02 bits per heavy atom. The molecule has 5 rings (SSSR count). The number of hydrogen-bond acceptors (Lipinski definition) is 5. The van der Waals surface area contributed by atoms with Gasteiger partial charge in [-0.15, -0.1) is 0 Å². The Hall–Kier alpha value is -4.33. The first-order chi connectivity index (χ1) is 19.3. The number of halogens is 6. The van der Waals surface area contributed by atoms with Crippen LogP contribution in [0.25, 0.3) is 23.4 Å². The molecule has 1 aromatic carbocycles. The van der Waals surface area contributed by atoms with Crippen molar-refractivity contribution in [2.45, 2.75) is 18.8 Å². The molecule has 1 fully saturated rings. The van der Waals surface area contributed by atoms with Gasteiger partial charge < -0.3 is 25.0 Å². The molecule has 0 aliphatic carbocycles. The Balaban J connectivity index is 0.000000493. The van der Waals surface area contributed by atoms with Gasteiger partial charge in [-0.1, -0.05) is 12.1 Å². The number of nitrogens with one attached hydrogen (secondary N) is 2. The standard InChI is InChI=1S/C25H23F3N4O2.C2HF3O2/c26-25(27,28)18-3-1-16(23(14-18)32-9-11-34-12-10-32)2-4-19-13-17(5-7-29-19)22-15-20-21(31-22)6-8-30-24(20)33;3-2(4,5)1(6)7/h1-5,7,13-15,31H,6,8-12H2,(H,30,33);(H,6,7)/b4-2+;. The molecule has 41 heavy (non-hydrogen) atoms. The first kappa shape index (κ1) is 29.6. The number of aromatic nitrogens is 2. The van der Waals surface area contributed by atoms with Crippen LogP contribution in [-0.2, 0) is 22.1 Å². The van der Waals surface area contributed by atoms with Crippen molar-refractivity contribution in [1.82, 2.24) is 15.3 Å². The Morgan fingerprint density at radius 2 is 1.73 bits per heavy atom. The highest BCUT2D eigenvalue weighted by Gasteiger charge is 2.38. The molecule has 0 radical (unpaired) electrons. The summed E-state index contributed by atoms with van der Waals surface area (Å²) in [5, 5.41) is 9.96. The minimum absolute atomic E-state index is 0.0872. The van der Waals surface area contributed by atoms with Crippen LogP contribution < -0.4 is 10.2 Å². The van der Waals surface area contributed by atoms with E-state index in [9.17, 15) is 31.1 Å². The minimum Gasteiger partial charge on any atom is -0.475 e. The van der Waals surface area contributed by atoms with Crippen molar-refractivity contribution in [2.24, 2.45) is 0 Å². The zero-order valence-corrected chi connectivity index (χ0v) is 21.3. The number of nitrogens with zero attached hydrogens (tertiary/aromatic N) is 2. The van der Waals surface area contributed by atoms with E-state index >= 15 is 0 Å². The van der Waals surface area contributed by atoms with Crippen molar-refractivity contribution >= 4 is 29.7 Å². The molecule has 1 amide bonds. The Labute approximate surface area is 229 Å². The number of morpholine rings is 1. The number of aromatic amines is 1. The van der Waals surface area contributed by atoms with Gasteiger partial charge in [0.1, 0.15) is 0 Å². The van der Waals surface area contributed by atoms with E-state index in [4.69, 9.17) is 14.6 Å². The van der Waals surface area contributed by atoms with Crippen molar-refractivity contribution in [3.63, 3.8) is 0 Å². The van der Waals surface area contributed by atoms with Gasteiger partial charge in [0.05, 0.1) is 30.0 Å². The van der Waals surface area contributed by atoms with Crippen LogP contribution in [0.2, 0.25) is 0 Å². The first-order valence-electron chi connectivity index (χ1n) is 12.3. The molecular formula is C27H24F6N4O4. The molecule has 1 saturated heterocycles. The zero-order chi connectivity index (χ0) is 29.8. The third-order valence-electron chi connectivity index (χ3n) is 6.28. The number of ether oxygens (including phenoxy) is 1. The first-order valence-corrected chi connectivity index (χ1v) is 12.3. The van der Waals surface area contributed by atoms with Crippen LogP contribution in [0.1, 0.15) is 32.9 Å². The summed E-state index contributed by atoms with van der Waals surface area (Å²) < 4.78 is 77.1. The Bertz CT molecular complexity index is 1440. The van der Waals surface area contributed by atoms with Crippen LogP contribution in [0.5, 0.6) is 0 Å². The van der Waals surface area contributed by atoms with E-state index in [0.29, 0.717) is 55.4 Å². The van der Waals surface area contributed by atoms with Crippen molar-refractivity contribution in [3.05, 3.63) is 70.7 Å². The lowest BCUT2D eigenvalue weighted by Crippen LogP contribution is -2.36. The van der Waals surface area contributed by atoms with E-state index in [0.717, 1.165) is 29.4 Å². The summed E-state index contributed by atoms with van der Waals surface area (Å²) in [4.78, 5) is 30.6. The van der Waals surface area contributed by atoms with E-state index in [-0.39, 0.29) is 5.91 Å². The monoisotopic (exact) mass is 582 g/mol. The average Bonchev–Trinajstić information content (AvgIpc) is 3.38. The van der Waals surface area contributed by atoms with Crippen molar-refractivity contribution < 1.29 is 45.8 Å². The quantitative estimate of drug-likeness (QED) is 0.373. The number of hydrogen-bond donors (Lipinski definition) is 3. The maximum Gasteiger partial charge on any atom is 0.490 e. The number of carbonyl (C=O) groups excluding carboxylic acids is 1. The predicted molar refractivity (Wildman–Crippen MR) is 137 cm³/mol. The molecule has 3 aromatic rings. The maximum atomic E-state index is 13.3. The zero-order valence-electron chi connectivity index (χ0n) is 21.3. The molecule has 2 aliphatic rings. The number of fused-ring (bicyclic) bond motifs is 1. The van der Waals surface area contributed by atoms with E-state index < -0.39 is 23.9 Å². The number of aliphatic carboxylic acids is 1. The number of H-pyrrole nitrogens is 1. The van der Waals surface area contributed by atoms with Crippen LogP contribution in [0.3, 0.4) is 0 Å². The SMILES string of the molecule is O=C(O)C(F)(F)F.O=C1NCCc2[nH]c(-c3ccnc(/C=C/c4ccc(C(F)(F)F)cc4N4CCOCC4)c3)cc21. The largest absolute Gasteiger partial charge is 0.490 e. The fraction of sp³-hybridized carbons (Fsp3) is 0.296. The second kappa shape index (κ2) is 12.0. The van der Waals surface area contributed by atoms with Gasteiger partial charge in [-0.3, -0.25) is 9.78 Å². The number of benzene rings is 1.